The van der Waals surface area contributed by atoms with Gasteiger partial charge in [0.25, 0.3) is 0 Å². The quantitative estimate of drug-likeness (QED) is 0.529. The highest BCUT2D eigenvalue weighted by molar-refractivity contribution is 5.86. The zero-order chi connectivity index (χ0) is 20.6. The molecule has 3 amide bonds. The van der Waals surface area contributed by atoms with Gasteiger partial charge in [-0.15, -0.1) is 0 Å². The minimum atomic E-state index is -0.788. The van der Waals surface area contributed by atoms with Crippen LogP contribution < -0.4 is 16.4 Å². The van der Waals surface area contributed by atoms with Gasteiger partial charge in [0.15, 0.2) is 0 Å². The maximum absolute atomic E-state index is 12.5. The number of hydrogen-bond donors (Lipinski definition) is 4. The van der Waals surface area contributed by atoms with Crippen LogP contribution in [-0.4, -0.2) is 53.7 Å². The highest BCUT2D eigenvalue weighted by atomic mass is 16.3. The molecule has 0 bridgehead atoms. The van der Waals surface area contributed by atoms with Gasteiger partial charge in [-0.3, -0.25) is 9.69 Å². The summed E-state index contributed by atoms with van der Waals surface area (Å²) in [4.78, 5) is 26.0. The maximum atomic E-state index is 12.5. The summed E-state index contributed by atoms with van der Waals surface area (Å²) in [5.74, 6) is -0.365. The molecule has 5 N–H and O–H groups in total. The number of primary amides is 1. The molecule has 0 aliphatic carbocycles. The van der Waals surface area contributed by atoms with Crippen molar-refractivity contribution in [1.29, 1.82) is 0 Å². The van der Waals surface area contributed by atoms with E-state index in [1.54, 1.807) is 0 Å². The molecule has 7 heteroatoms. The third kappa shape index (κ3) is 6.30. The van der Waals surface area contributed by atoms with E-state index >= 15 is 0 Å². The molecule has 3 rings (SSSR count). The topological polar surface area (TPSA) is 108 Å². The van der Waals surface area contributed by atoms with Crippen LogP contribution in [0.15, 0.2) is 54.6 Å². The number of carbonyl (C=O) groups is 2. The number of β-amino-alcohol motifs (C(OH)–C–C–N with tert-alkyl or cyclic N) is 1. The van der Waals surface area contributed by atoms with E-state index in [0.29, 0.717) is 13.0 Å². The fraction of sp³-hybridized carbons (Fsp3) is 0.364. The average molecular weight is 396 g/mol. The normalized spacial score (nSPS) is 15.8. The molecule has 0 spiro atoms. The van der Waals surface area contributed by atoms with Crippen LogP contribution in [0.1, 0.15) is 16.7 Å². The second-order valence-electron chi connectivity index (χ2n) is 7.40. The first kappa shape index (κ1) is 20.8. The van der Waals surface area contributed by atoms with Gasteiger partial charge in [0.2, 0.25) is 5.91 Å². The summed E-state index contributed by atoms with van der Waals surface area (Å²) in [6.45, 7) is 2.26. The lowest BCUT2D eigenvalue weighted by Crippen LogP contribution is -2.51. The van der Waals surface area contributed by atoms with Crippen LogP contribution >= 0.6 is 0 Å². The number of urea groups is 1. The van der Waals surface area contributed by atoms with E-state index in [4.69, 9.17) is 5.73 Å². The molecule has 1 aliphatic heterocycles. The van der Waals surface area contributed by atoms with Crippen molar-refractivity contribution in [1.82, 2.24) is 15.5 Å². The molecule has 154 valence electrons. The van der Waals surface area contributed by atoms with Gasteiger partial charge in [0.1, 0.15) is 6.04 Å². The fourth-order valence-corrected chi connectivity index (χ4v) is 3.64. The van der Waals surface area contributed by atoms with Crippen LogP contribution in [0.25, 0.3) is 0 Å². The Hall–Kier alpha value is -2.90. The van der Waals surface area contributed by atoms with Gasteiger partial charge in [-0.2, -0.15) is 0 Å². The van der Waals surface area contributed by atoms with Crippen molar-refractivity contribution in [3.63, 3.8) is 0 Å². The Morgan fingerprint density at radius 1 is 1.07 bits per heavy atom. The summed E-state index contributed by atoms with van der Waals surface area (Å²) in [6, 6.07) is 16.2. The second-order valence-corrected chi connectivity index (χ2v) is 7.40. The SMILES string of the molecule is NC(=O)NC(Cc1ccccc1)C(=O)NC[C@@H](O)CN1CCc2ccccc2C1. The van der Waals surface area contributed by atoms with Gasteiger partial charge in [0, 0.05) is 32.6 Å². The average Bonchev–Trinajstić information content (AvgIpc) is 2.72. The molecule has 0 fully saturated rings. The van der Waals surface area contributed by atoms with Crippen molar-refractivity contribution in [2.24, 2.45) is 5.73 Å². The Bertz CT molecular complexity index is 828. The van der Waals surface area contributed by atoms with Crippen molar-refractivity contribution >= 4 is 11.9 Å². The van der Waals surface area contributed by atoms with E-state index in [1.165, 1.54) is 11.1 Å². The van der Waals surface area contributed by atoms with Gasteiger partial charge in [-0.05, 0) is 23.1 Å². The molecule has 0 saturated carbocycles. The lowest BCUT2D eigenvalue weighted by Gasteiger charge is -2.30. The van der Waals surface area contributed by atoms with Crippen LogP contribution in [0.4, 0.5) is 4.79 Å². The van der Waals surface area contributed by atoms with E-state index in [-0.39, 0.29) is 12.5 Å². The number of fused-ring (bicyclic) bond motifs is 1. The number of benzene rings is 2. The number of nitrogens with one attached hydrogen (secondary N) is 2. The lowest BCUT2D eigenvalue weighted by molar-refractivity contribution is -0.123. The van der Waals surface area contributed by atoms with Crippen LogP contribution in [0.5, 0.6) is 0 Å². The first-order chi connectivity index (χ1) is 14.0. The van der Waals surface area contributed by atoms with E-state index in [1.807, 2.05) is 42.5 Å². The zero-order valence-corrected chi connectivity index (χ0v) is 16.4. The van der Waals surface area contributed by atoms with E-state index in [9.17, 15) is 14.7 Å². The van der Waals surface area contributed by atoms with Crippen molar-refractivity contribution in [2.75, 3.05) is 19.6 Å². The fourth-order valence-electron chi connectivity index (χ4n) is 3.64. The first-order valence-electron chi connectivity index (χ1n) is 9.86. The predicted molar refractivity (Wildman–Crippen MR) is 111 cm³/mol. The number of aliphatic hydroxyl groups excluding tert-OH is 1. The Morgan fingerprint density at radius 2 is 1.76 bits per heavy atom. The number of rotatable bonds is 8. The summed E-state index contributed by atoms with van der Waals surface area (Å²) in [7, 11) is 0. The van der Waals surface area contributed by atoms with Crippen molar-refractivity contribution in [3.8, 4) is 0 Å². The monoisotopic (exact) mass is 396 g/mol. The van der Waals surface area contributed by atoms with Crippen LogP contribution in [0.3, 0.4) is 0 Å². The van der Waals surface area contributed by atoms with Crippen molar-refractivity contribution in [3.05, 3.63) is 71.3 Å². The first-order valence-corrected chi connectivity index (χ1v) is 9.86. The van der Waals surface area contributed by atoms with Crippen molar-refractivity contribution < 1.29 is 14.7 Å². The van der Waals surface area contributed by atoms with Gasteiger partial charge < -0.3 is 21.5 Å². The molecule has 2 atom stereocenters. The summed E-state index contributed by atoms with van der Waals surface area (Å²) in [5.41, 5.74) is 8.76. The number of nitrogens with zero attached hydrogens (tertiary/aromatic N) is 1. The number of aliphatic hydroxyl groups is 1. The number of nitrogens with two attached hydrogens (primary N) is 1. The van der Waals surface area contributed by atoms with Gasteiger partial charge >= 0.3 is 6.03 Å². The molecule has 0 radical (unpaired) electrons. The molecule has 0 aromatic heterocycles. The highest BCUT2D eigenvalue weighted by Crippen LogP contribution is 2.18. The Labute approximate surface area is 170 Å². The molecular weight excluding hydrogens is 368 g/mol. The van der Waals surface area contributed by atoms with Crippen LogP contribution in [0, 0.1) is 0 Å². The Kier molecular flexibility index (Phi) is 7.21. The van der Waals surface area contributed by atoms with Crippen molar-refractivity contribution in [2.45, 2.75) is 31.5 Å². The van der Waals surface area contributed by atoms with Gasteiger partial charge in [0.05, 0.1) is 6.10 Å². The maximum Gasteiger partial charge on any atom is 0.312 e. The minimum absolute atomic E-state index is 0.114. The van der Waals surface area contributed by atoms with E-state index in [0.717, 1.165) is 25.1 Å². The summed E-state index contributed by atoms with van der Waals surface area (Å²) in [6.07, 6.45) is 0.584. The summed E-state index contributed by atoms with van der Waals surface area (Å²) in [5, 5.41) is 15.6. The number of amides is 3. The van der Waals surface area contributed by atoms with Crippen LogP contribution in [-0.2, 0) is 24.2 Å². The standard InChI is InChI=1S/C22H28N4O3/c23-22(29)25-20(12-16-6-2-1-3-7-16)21(28)24-13-19(27)15-26-11-10-17-8-4-5-9-18(17)14-26/h1-9,19-20,27H,10-15H2,(H,24,28)(H3,23,25,29)/t19-,20?/m1/s1. The van der Waals surface area contributed by atoms with E-state index < -0.39 is 18.2 Å². The molecule has 7 nitrogen and oxygen atoms in total. The molecular formula is C22H28N4O3. The van der Waals surface area contributed by atoms with Crippen LogP contribution in [0.2, 0.25) is 0 Å². The number of carbonyl (C=O) groups excluding carboxylic acids is 2. The van der Waals surface area contributed by atoms with E-state index in [2.05, 4.69) is 27.7 Å². The molecule has 29 heavy (non-hydrogen) atoms. The lowest BCUT2D eigenvalue weighted by atomic mass is 10.00. The Morgan fingerprint density at radius 3 is 2.48 bits per heavy atom. The Balaban J connectivity index is 1.49. The second kappa shape index (κ2) is 10.0. The number of hydrogen-bond acceptors (Lipinski definition) is 4. The molecule has 1 heterocycles. The smallest absolute Gasteiger partial charge is 0.312 e. The highest BCUT2D eigenvalue weighted by Gasteiger charge is 2.22. The van der Waals surface area contributed by atoms with Gasteiger partial charge in [-0.1, -0.05) is 54.6 Å². The molecule has 1 unspecified atom stereocenters. The summed E-state index contributed by atoms with van der Waals surface area (Å²) >= 11 is 0. The van der Waals surface area contributed by atoms with Gasteiger partial charge in [-0.25, -0.2) is 4.79 Å². The third-order valence-electron chi connectivity index (χ3n) is 5.11. The zero-order valence-electron chi connectivity index (χ0n) is 16.4. The molecule has 0 saturated heterocycles. The predicted octanol–water partition coefficient (Wildman–Crippen LogP) is 0.801. The molecule has 2 aromatic rings. The summed E-state index contributed by atoms with van der Waals surface area (Å²) < 4.78 is 0. The largest absolute Gasteiger partial charge is 0.390 e. The third-order valence-corrected chi connectivity index (χ3v) is 5.11. The molecule has 2 aromatic carbocycles. The minimum Gasteiger partial charge on any atom is -0.390 e. The molecule has 1 aliphatic rings.